The van der Waals surface area contributed by atoms with E-state index in [0.29, 0.717) is 10.9 Å². The number of ether oxygens (including phenoxy) is 1. The molecular formula is C9H17NOS. The monoisotopic (exact) mass is 187 g/mol. The number of epoxide rings is 1. The van der Waals surface area contributed by atoms with Gasteiger partial charge in [-0.25, -0.2) is 0 Å². The molecule has 2 nitrogen and oxygen atoms in total. The molecule has 2 saturated heterocycles. The highest BCUT2D eigenvalue weighted by atomic mass is 32.2. The van der Waals surface area contributed by atoms with Crippen molar-refractivity contribution >= 4 is 11.8 Å². The van der Waals surface area contributed by atoms with Crippen molar-refractivity contribution in [1.29, 1.82) is 0 Å². The van der Waals surface area contributed by atoms with Crippen LogP contribution in [0, 0.1) is 0 Å². The molecule has 0 radical (unpaired) electrons. The van der Waals surface area contributed by atoms with Crippen LogP contribution in [0.15, 0.2) is 0 Å². The zero-order chi connectivity index (χ0) is 8.60. The van der Waals surface area contributed by atoms with E-state index in [2.05, 4.69) is 30.5 Å². The normalized spacial score (nSPS) is 35.0. The first-order valence-corrected chi connectivity index (χ1v) is 5.62. The predicted molar refractivity (Wildman–Crippen MR) is 52.7 cm³/mol. The first kappa shape index (κ1) is 8.85. The van der Waals surface area contributed by atoms with Gasteiger partial charge in [-0.15, -0.1) is 0 Å². The Balaban J connectivity index is 1.81. The Morgan fingerprint density at radius 1 is 1.58 bits per heavy atom. The van der Waals surface area contributed by atoms with Crippen LogP contribution in [0.25, 0.3) is 0 Å². The fourth-order valence-corrected chi connectivity index (χ4v) is 2.91. The largest absolute Gasteiger partial charge is 0.372 e. The van der Waals surface area contributed by atoms with E-state index in [9.17, 15) is 0 Å². The lowest BCUT2D eigenvalue weighted by Gasteiger charge is -2.37. The van der Waals surface area contributed by atoms with Crippen molar-refractivity contribution in [3.63, 3.8) is 0 Å². The molecule has 0 amide bonds. The minimum Gasteiger partial charge on any atom is -0.372 e. The summed E-state index contributed by atoms with van der Waals surface area (Å²) in [5.74, 6) is 1.28. The molecule has 2 rings (SSSR count). The van der Waals surface area contributed by atoms with Gasteiger partial charge in [0.1, 0.15) is 0 Å². The highest BCUT2D eigenvalue weighted by molar-refractivity contribution is 8.00. The van der Waals surface area contributed by atoms with Crippen LogP contribution in [0.2, 0.25) is 0 Å². The van der Waals surface area contributed by atoms with Crippen molar-refractivity contribution in [2.24, 2.45) is 0 Å². The molecule has 1 atom stereocenters. The summed E-state index contributed by atoms with van der Waals surface area (Å²) in [5, 5.41) is 0. The standard InChI is InChI=1S/C9H17NOS/c1-9(2)7-10(3-4-12-9)5-8-6-11-8/h8H,3-7H2,1-2H3/t8-/m0/s1. The number of rotatable bonds is 2. The highest BCUT2D eigenvalue weighted by Crippen LogP contribution is 2.30. The van der Waals surface area contributed by atoms with E-state index < -0.39 is 0 Å². The summed E-state index contributed by atoms with van der Waals surface area (Å²) >= 11 is 2.09. The van der Waals surface area contributed by atoms with Crippen LogP contribution in [0.1, 0.15) is 13.8 Å². The summed E-state index contributed by atoms with van der Waals surface area (Å²) in [6.07, 6.45) is 0.559. The van der Waals surface area contributed by atoms with Gasteiger partial charge in [-0.1, -0.05) is 0 Å². The molecule has 2 aliphatic heterocycles. The van der Waals surface area contributed by atoms with Crippen LogP contribution in [0.5, 0.6) is 0 Å². The van der Waals surface area contributed by atoms with Gasteiger partial charge in [-0.05, 0) is 13.8 Å². The molecule has 0 unspecified atom stereocenters. The van der Waals surface area contributed by atoms with Crippen molar-refractivity contribution < 1.29 is 4.74 Å². The average molecular weight is 187 g/mol. The SMILES string of the molecule is CC1(C)CN(C[C@H]2CO2)CCS1. The molecule has 0 saturated carbocycles. The second-order valence-electron chi connectivity index (χ2n) is 4.30. The summed E-state index contributed by atoms with van der Waals surface area (Å²) in [6.45, 7) is 9.27. The van der Waals surface area contributed by atoms with Crippen molar-refractivity contribution in [2.75, 3.05) is 32.0 Å². The van der Waals surface area contributed by atoms with E-state index in [4.69, 9.17) is 4.74 Å². The summed E-state index contributed by atoms with van der Waals surface area (Å²) in [4.78, 5) is 2.54. The lowest BCUT2D eigenvalue weighted by atomic mass is 10.2. The maximum Gasteiger partial charge on any atom is 0.0936 e. The van der Waals surface area contributed by atoms with Crippen LogP contribution in [0.4, 0.5) is 0 Å². The third-order valence-electron chi connectivity index (χ3n) is 2.37. The second-order valence-corrected chi connectivity index (χ2v) is 6.10. The third kappa shape index (κ3) is 2.38. The molecule has 2 heterocycles. The predicted octanol–water partition coefficient (Wildman–Crippen LogP) is 1.21. The Bertz CT molecular complexity index is 168. The van der Waals surface area contributed by atoms with Crippen molar-refractivity contribution in [3.05, 3.63) is 0 Å². The molecule has 0 aromatic carbocycles. The Kier molecular flexibility index (Phi) is 2.36. The van der Waals surface area contributed by atoms with E-state index in [0.717, 1.165) is 13.2 Å². The summed E-state index contributed by atoms with van der Waals surface area (Å²) in [5.41, 5.74) is 0. The van der Waals surface area contributed by atoms with Gasteiger partial charge in [0.05, 0.1) is 12.7 Å². The molecule has 0 N–H and O–H groups in total. The van der Waals surface area contributed by atoms with E-state index in [1.165, 1.54) is 18.8 Å². The Morgan fingerprint density at radius 2 is 2.33 bits per heavy atom. The van der Waals surface area contributed by atoms with Gasteiger partial charge in [0, 0.05) is 30.1 Å². The molecule has 2 aliphatic rings. The topological polar surface area (TPSA) is 15.8 Å². The van der Waals surface area contributed by atoms with Gasteiger partial charge >= 0.3 is 0 Å². The lowest BCUT2D eigenvalue weighted by molar-refractivity contribution is 0.232. The third-order valence-corrected chi connectivity index (χ3v) is 3.67. The molecule has 0 aromatic rings. The van der Waals surface area contributed by atoms with E-state index in [1.54, 1.807) is 0 Å². The van der Waals surface area contributed by atoms with E-state index in [1.807, 2.05) is 0 Å². The maximum absolute atomic E-state index is 5.23. The Morgan fingerprint density at radius 3 is 2.92 bits per heavy atom. The van der Waals surface area contributed by atoms with Crippen molar-refractivity contribution in [3.8, 4) is 0 Å². The summed E-state index contributed by atoms with van der Waals surface area (Å²) < 4.78 is 5.68. The van der Waals surface area contributed by atoms with Crippen LogP contribution in [-0.4, -0.2) is 47.7 Å². The quantitative estimate of drug-likeness (QED) is 0.604. The molecule has 0 spiro atoms. The van der Waals surface area contributed by atoms with Gasteiger partial charge in [0.25, 0.3) is 0 Å². The Labute approximate surface area is 78.6 Å². The van der Waals surface area contributed by atoms with Gasteiger partial charge in [-0.3, -0.25) is 4.90 Å². The van der Waals surface area contributed by atoms with Crippen LogP contribution < -0.4 is 0 Å². The first-order valence-electron chi connectivity index (χ1n) is 4.64. The summed E-state index contributed by atoms with van der Waals surface area (Å²) in [6, 6.07) is 0. The van der Waals surface area contributed by atoms with Crippen LogP contribution in [0.3, 0.4) is 0 Å². The molecule has 12 heavy (non-hydrogen) atoms. The molecule has 0 aliphatic carbocycles. The lowest BCUT2D eigenvalue weighted by Crippen LogP contribution is -2.44. The Hall–Kier alpha value is 0.270. The molecule has 70 valence electrons. The van der Waals surface area contributed by atoms with Gasteiger partial charge < -0.3 is 4.74 Å². The molecule has 3 heteroatoms. The smallest absolute Gasteiger partial charge is 0.0936 e. The number of hydrogen-bond donors (Lipinski definition) is 0. The average Bonchev–Trinajstić information content (AvgIpc) is 2.69. The summed E-state index contributed by atoms with van der Waals surface area (Å²) in [7, 11) is 0. The van der Waals surface area contributed by atoms with E-state index >= 15 is 0 Å². The number of thioether (sulfide) groups is 1. The zero-order valence-corrected chi connectivity index (χ0v) is 8.69. The van der Waals surface area contributed by atoms with E-state index in [-0.39, 0.29) is 0 Å². The molecule has 0 aromatic heterocycles. The molecule has 2 fully saturated rings. The minimum absolute atomic E-state index is 0.452. The number of hydrogen-bond acceptors (Lipinski definition) is 3. The fourth-order valence-electron chi connectivity index (χ4n) is 1.73. The van der Waals surface area contributed by atoms with Crippen molar-refractivity contribution in [2.45, 2.75) is 24.7 Å². The zero-order valence-electron chi connectivity index (χ0n) is 7.88. The highest BCUT2D eigenvalue weighted by Gasteiger charge is 2.31. The molecule has 0 bridgehead atoms. The fraction of sp³-hybridized carbons (Fsp3) is 1.00. The second kappa shape index (κ2) is 3.20. The van der Waals surface area contributed by atoms with Crippen LogP contribution >= 0.6 is 11.8 Å². The van der Waals surface area contributed by atoms with Gasteiger partial charge in [0.15, 0.2) is 0 Å². The number of nitrogens with zero attached hydrogens (tertiary/aromatic N) is 1. The van der Waals surface area contributed by atoms with Crippen molar-refractivity contribution in [1.82, 2.24) is 4.90 Å². The maximum atomic E-state index is 5.23. The molecular weight excluding hydrogens is 170 g/mol. The first-order chi connectivity index (χ1) is 5.66. The van der Waals surface area contributed by atoms with Gasteiger partial charge in [0.2, 0.25) is 0 Å². The van der Waals surface area contributed by atoms with Gasteiger partial charge in [-0.2, -0.15) is 11.8 Å². The minimum atomic E-state index is 0.452. The van der Waals surface area contributed by atoms with Crippen LogP contribution in [-0.2, 0) is 4.74 Å².